The Morgan fingerprint density at radius 3 is 3.17 bits per heavy atom. The largest absolute Gasteiger partial charge is 0.383 e. The monoisotopic (exact) mass is 169 g/mol. The average Bonchev–Trinajstić information content (AvgIpc) is 2.44. The zero-order valence-electron chi connectivity index (χ0n) is 8.18. The van der Waals surface area contributed by atoms with Crippen LogP contribution in [0, 0.1) is 5.92 Å². The molecular weight excluding hydrogens is 150 g/mol. The Morgan fingerprint density at radius 2 is 2.42 bits per heavy atom. The van der Waals surface area contributed by atoms with Crippen LogP contribution in [-0.2, 0) is 4.74 Å². The summed E-state index contributed by atoms with van der Waals surface area (Å²) >= 11 is 0. The van der Waals surface area contributed by atoms with Gasteiger partial charge in [0.25, 0.3) is 0 Å². The lowest BCUT2D eigenvalue weighted by Crippen LogP contribution is -2.42. The topological polar surface area (TPSA) is 12.5 Å². The van der Waals surface area contributed by atoms with Crippen LogP contribution in [0.2, 0.25) is 0 Å². The molecule has 2 fully saturated rings. The predicted octanol–water partition coefficient (Wildman–Crippen LogP) is 1.51. The van der Waals surface area contributed by atoms with Crippen molar-refractivity contribution in [3.8, 4) is 0 Å². The maximum Gasteiger partial charge on any atom is 0.0646 e. The number of ether oxygens (including phenoxy) is 1. The third-order valence-electron chi connectivity index (χ3n) is 3.41. The summed E-state index contributed by atoms with van der Waals surface area (Å²) in [7, 11) is 1.83. The smallest absolute Gasteiger partial charge is 0.0646 e. The zero-order valence-corrected chi connectivity index (χ0v) is 8.18. The molecule has 2 atom stereocenters. The maximum atomic E-state index is 5.34. The van der Waals surface area contributed by atoms with Crippen LogP contribution >= 0.6 is 0 Å². The highest BCUT2D eigenvalue weighted by molar-refractivity contribution is 5.02. The molecule has 2 heteroatoms. The van der Waals surface area contributed by atoms with Gasteiger partial charge in [-0.3, -0.25) is 4.90 Å². The summed E-state index contributed by atoms with van der Waals surface area (Å²) in [5, 5.41) is 0. The molecule has 2 aliphatic rings. The van der Waals surface area contributed by atoms with Crippen molar-refractivity contribution in [3.05, 3.63) is 0 Å². The van der Waals surface area contributed by atoms with E-state index in [1.165, 1.54) is 32.4 Å². The van der Waals surface area contributed by atoms with Gasteiger partial charge in [-0.2, -0.15) is 0 Å². The fraction of sp³-hybridized carbons (Fsp3) is 1.00. The van der Waals surface area contributed by atoms with Gasteiger partial charge < -0.3 is 4.74 Å². The second kappa shape index (κ2) is 3.00. The summed E-state index contributed by atoms with van der Waals surface area (Å²) in [6.45, 7) is 5.89. The van der Waals surface area contributed by atoms with Gasteiger partial charge in [0, 0.05) is 19.2 Å². The third kappa shape index (κ3) is 1.17. The molecule has 1 unspecified atom stereocenters. The molecule has 2 saturated heterocycles. The van der Waals surface area contributed by atoms with E-state index in [2.05, 4.69) is 11.8 Å². The van der Waals surface area contributed by atoms with E-state index in [9.17, 15) is 0 Å². The first-order valence-electron chi connectivity index (χ1n) is 5.01. The molecule has 0 bridgehead atoms. The van der Waals surface area contributed by atoms with E-state index in [0.717, 1.165) is 12.5 Å². The molecule has 0 aromatic heterocycles. The van der Waals surface area contributed by atoms with Gasteiger partial charge in [0.05, 0.1) is 6.61 Å². The van der Waals surface area contributed by atoms with E-state index in [1.54, 1.807) is 0 Å². The first-order valence-corrected chi connectivity index (χ1v) is 5.01. The number of fused-ring (bicyclic) bond motifs is 1. The summed E-state index contributed by atoms with van der Waals surface area (Å²) in [4.78, 5) is 2.64. The predicted molar refractivity (Wildman–Crippen MR) is 49.2 cm³/mol. The van der Waals surface area contributed by atoms with Crippen molar-refractivity contribution < 1.29 is 4.74 Å². The number of hydrogen-bond donors (Lipinski definition) is 0. The fourth-order valence-electron chi connectivity index (χ4n) is 3.09. The first kappa shape index (κ1) is 8.52. The van der Waals surface area contributed by atoms with Gasteiger partial charge in [-0.05, 0) is 31.7 Å². The lowest BCUT2D eigenvalue weighted by atomic mass is 9.92. The van der Waals surface area contributed by atoms with Crippen LogP contribution in [0.15, 0.2) is 0 Å². The highest BCUT2D eigenvalue weighted by Gasteiger charge is 2.46. The Kier molecular flexibility index (Phi) is 2.13. The van der Waals surface area contributed by atoms with Crippen LogP contribution < -0.4 is 0 Å². The quantitative estimate of drug-likeness (QED) is 0.621. The van der Waals surface area contributed by atoms with Crippen molar-refractivity contribution in [2.24, 2.45) is 5.92 Å². The van der Waals surface area contributed by atoms with E-state index in [0.29, 0.717) is 5.54 Å². The minimum absolute atomic E-state index is 0.439. The van der Waals surface area contributed by atoms with Gasteiger partial charge in [0.15, 0.2) is 0 Å². The van der Waals surface area contributed by atoms with Gasteiger partial charge in [0.1, 0.15) is 0 Å². The van der Waals surface area contributed by atoms with Gasteiger partial charge in [-0.25, -0.2) is 0 Å². The molecule has 0 aromatic rings. The Morgan fingerprint density at radius 1 is 1.58 bits per heavy atom. The minimum atomic E-state index is 0.439. The lowest BCUT2D eigenvalue weighted by molar-refractivity contribution is 0.0653. The molecule has 70 valence electrons. The number of rotatable bonds is 2. The summed E-state index contributed by atoms with van der Waals surface area (Å²) in [6.07, 6.45) is 4.07. The van der Waals surface area contributed by atoms with Crippen LogP contribution in [0.1, 0.15) is 26.2 Å². The van der Waals surface area contributed by atoms with Crippen molar-refractivity contribution in [2.75, 3.05) is 26.8 Å². The Bertz CT molecular complexity index is 171. The lowest BCUT2D eigenvalue weighted by Gasteiger charge is -2.30. The second-order valence-electron chi connectivity index (χ2n) is 4.52. The summed E-state index contributed by atoms with van der Waals surface area (Å²) in [6, 6.07) is 0. The number of nitrogens with zero attached hydrogens (tertiary/aromatic N) is 1. The standard InChI is InChI=1S/C10H19NO/c1-9-6-10(8-12-2)4-3-5-11(10)7-9/h9H,3-8H2,1-2H3/t9?,10-/m0/s1. The summed E-state index contributed by atoms with van der Waals surface area (Å²) in [5.41, 5.74) is 0.439. The molecule has 0 radical (unpaired) electrons. The summed E-state index contributed by atoms with van der Waals surface area (Å²) in [5.74, 6) is 0.875. The Balaban J connectivity index is 2.09. The molecule has 2 rings (SSSR count). The van der Waals surface area contributed by atoms with Crippen molar-refractivity contribution in [1.29, 1.82) is 0 Å². The Labute approximate surface area is 74.9 Å². The molecule has 2 heterocycles. The van der Waals surface area contributed by atoms with E-state index in [-0.39, 0.29) is 0 Å². The second-order valence-corrected chi connectivity index (χ2v) is 4.52. The van der Waals surface area contributed by atoms with Crippen LogP contribution in [0.5, 0.6) is 0 Å². The molecule has 0 aromatic carbocycles. The molecule has 2 nitrogen and oxygen atoms in total. The molecule has 12 heavy (non-hydrogen) atoms. The SMILES string of the molecule is COC[C@@]12CCCN1CC(C)C2. The van der Waals surface area contributed by atoms with Gasteiger partial charge in [0.2, 0.25) is 0 Å². The highest BCUT2D eigenvalue weighted by Crippen LogP contribution is 2.41. The van der Waals surface area contributed by atoms with E-state index < -0.39 is 0 Å². The van der Waals surface area contributed by atoms with Gasteiger partial charge >= 0.3 is 0 Å². The van der Waals surface area contributed by atoms with Gasteiger partial charge in [-0.1, -0.05) is 6.92 Å². The van der Waals surface area contributed by atoms with Crippen LogP contribution in [0.25, 0.3) is 0 Å². The number of methoxy groups -OCH3 is 1. The molecule has 0 N–H and O–H groups in total. The molecule has 0 spiro atoms. The third-order valence-corrected chi connectivity index (χ3v) is 3.41. The van der Waals surface area contributed by atoms with Crippen LogP contribution in [0.3, 0.4) is 0 Å². The zero-order chi connectivity index (χ0) is 8.60. The molecule has 0 aliphatic carbocycles. The van der Waals surface area contributed by atoms with Crippen LogP contribution in [0.4, 0.5) is 0 Å². The highest BCUT2D eigenvalue weighted by atomic mass is 16.5. The first-order chi connectivity index (χ1) is 5.77. The van der Waals surface area contributed by atoms with Crippen molar-refractivity contribution in [2.45, 2.75) is 31.7 Å². The molecular formula is C10H19NO. The minimum Gasteiger partial charge on any atom is -0.383 e. The number of hydrogen-bond acceptors (Lipinski definition) is 2. The van der Waals surface area contributed by atoms with E-state index >= 15 is 0 Å². The summed E-state index contributed by atoms with van der Waals surface area (Å²) < 4.78 is 5.34. The van der Waals surface area contributed by atoms with E-state index in [1.807, 2.05) is 7.11 Å². The van der Waals surface area contributed by atoms with Crippen LogP contribution in [-0.4, -0.2) is 37.2 Å². The molecule has 2 aliphatic heterocycles. The van der Waals surface area contributed by atoms with Crippen molar-refractivity contribution in [3.63, 3.8) is 0 Å². The van der Waals surface area contributed by atoms with Crippen molar-refractivity contribution >= 4 is 0 Å². The fourth-order valence-corrected chi connectivity index (χ4v) is 3.09. The Hall–Kier alpha value is -0.0800. The average molecular weight is 169 g/mol. The molecule has 0 amide bonds. The van der Waals surface area contributed by atoms with Crippen molar-refractivity contribution in [1.82, 2.24) is 4.90 Å². The maximum absolute atomic E-state index is 5.34. The van der Waals surface area contributed by atoms with E-state index in [4.69, 9.17) is 4.74 Å². The van der Waals surface area contributed by atoms with Gasteiger partial charge in [-0.15, -0.1) is 0 Å². The molecule has 0 saturated carbocycles. The normalized spacial score (nSPS) is 42.0.